The molecule has 166 valence electrons. The minimum atomic E-state index is -0.822. The molecule has 0 aliphatic heterocycles. The number of para-hydroxylation sites is 1. The van der Waals surface area contributed by atoms with Crippen molar-refractivity contribution in [3.05, 3.63) is 82.2 Å². The van der Waals surface area contributed by atoms with E-state index >= 15 is 0 Å². The van der Waals surface area contributed by atoms with Gasteiger partial charge in [0.15, 0.2) is 0 Å². The molecular weight excluding hydrogens is 400 g/mol. The van der Waals surface area contributed by atoms with E-state index in [1.165, 1.54) is 11.1 Å². The molecule has 32 heavy (non-hydrogen) atoms. The first kappa shape index (κ1) is 23.0. The molecule has 0 fully saturated rings. The molecular formula is C26H30N4O2. The van der Waals surface area contributed by atoms with Crippen molar-refractivity contribution in [3.63, 3.8) is 0 Å². The first-order valence-electron chi connectivity index (χ1n) is 10.7. The van der Waals surface area contributed by atoms with Crippen LogP contribution in [-0.4, -0.2) is 22.6 Å². The van der Waals surface area contributed by atoms with Crippen LogP contribution in [0.1, 0.15) is 53.4 Å². The third kappa shape index (κ3) is 4.97. The average molecular weight is 431 g/mol. The summed E-state index contributed by atoms with van der Waals surface area (Å²) in [7, 11) is 0. The highest BCUT2D eigenvalue weighted by atomic mass is 16.2. The molecule has 0 saturated heterocycles. The zero-order valence-electron chi connectivity index (χ0n) is 19.5. The van der Waals surface area contributed by atoms with E-state index < -0.39 is 11.8 Å². The summed E-state index contributed by atoms with van der Waals surface area (Å²) in [6.45, 7) is 12.4. The molecule has 0 atom stereocenters. The van der Waals surface area contributed by atoms with Crippen LogP contribution in [-0.2, 0) is 9.59 Å². The van der Waals surface area contributed by atoms with Gasteiger partial charge in [-0.05, 0) is 68.5 Å². The number of amides is 2. The second-order valence-electron chi connectivity index (χ2n) is 8.33. The Kier molecular flexibility index (Phi) is 6.93. The normalized spacial score (nSPS) is 11.2. The monoisotopic (exact) mass is 430 g/mol. The van der Waals surface area contributed by atoms with Crippen LogP contribution in [0, 0.1) is 27.7 Å². The molecule has 0 bridgehead atoms. The Morgan fingerprint density at radius 2 is 1.56 bits per heavy atom. The number of carbonyl (C=O) groups is 2. The zero-order valence-corrected chi connectivity index (χ0v) is 19.5. The van der Waals surface area contributed by atoms with Gasteiger partial charge in [-0.2, -0.15) is 5.10 Å². The molecule has 2 aromatic carbocycles. The molecule has 2 amide bonds. The maximum atomic E-state index is 12.2. The number of anilines is 1. The number of aryl methyl sites for hydroxylation is 3. The Balaban J connectivity index is 1.68. The minimum Gasteiger partial charge on any atom is -0.318 e. The third-order valence-electron chi connectivity index (χ3n) is 5.54. The van der Waals surface area contributed by atoms with Gasteiger partial charge in [0.05, 0.1) is 11.9 Å². The predicted molar refractivity (Wildman–Crippen MR) is 130 cm³/mol. The van der Waals surface area contributed by atoms with Crippen LogP contribution in [0.4, 0.5) is 5.69 Å². The van der Waals surface area contributed by atoms with Gasteiger partial charge >= 0.3 is 11.8 Å². The molecule has 0 aliphatic rings. The lowest BCUT2D eigenvalue weighted by molar-refractivity contribution is -0.136. The standard InChI is InChI=1S/C26H30N4O2/c1-16(2)21-10-12-23(13-11-21)28-25(31)26(32)29-27-15-22-14-19(5)30(20(22)6)24-17(3)8-7-9-18(24)4/h7-16H,1-6H3,(H,28,31)(H,29,32)/b27-15-. The molecule has 0 unspecified atom stereocenters. The molecule has 6 nitrogen and oxygen atoms in total. The lowest BCUT2D eigenvalue weighted by atomic mass is 10.0. The number of aromatic nitrogens is 1. The number of rotatable bonds is 5. The van der Waals surface area contributed by atoms with Gasteiger partial charge in [-0.3, -0.25) is 9.59 Å². The Labute approximate surface area is 189 Å². The van der Waals surface area contributed by atoms with Gasteiger partial charge in [-0.1, -0.05) is 44.2 Å². The van der Waals surface area contributed by atoms with E-state index in [-0.39, 0.29) is 0 Å². The molecule has 2 N–H and O–H groups in total. The van der Waals surface area contributed by atoms with Crippen molar-refractivity contribution in [1.29, 1.82) is 0 Å². The highest BCUT2D eigenvalue weighted by molar-refractivity contribution is 6.39. The molecule has 3 aromatic rings. The fourth-order valence-electron chi connectivity index (χ4n) is 3.77. The summed E-state index contributed by atoms with van der Waals surface area (Å²) in [4.78, 5) is 24.3. The number of benzene rings is 2. The van der Waals surface area contributed by atoms with Crippen LogP contribution in [0.25, 0.3) is 5.69 Å². The molecule has 6 heteroatoms. The quantitative estimate of drug-likeness (QED) is 0.342. The molecule has 0 spiro atoms. The Morgan fingerprint density at radius 3 is 2.16 bits per heavy atom. The van der Waals surface area contributed by atoms with Gasteiger partial charge in [-0.15, -0.1) is 0 Å². The number of nitrogens with zero attached hydrogens (tertiary/aromatic N) is 2. The molecule has 1 aromatic heterocycles. The molecule has 3 rings (SSSR count). The summed E-state index contributed by atoms with van der Waals surface area (Å²) < 4.78 is 2.18. The van der Waals surface area contributed by atoms with Crippen LogP contribution in [0.15, 0.2) is 53.6 Å². The maximum absolute atomic E-state index is 12.2. The molecule has 0 saturated carbocycles. The Bertz CT molecular complexity index is 1150. The second kappa shape index (κ2) is 9.64. The van der Waals surface area contributed by atoms with Gasteiger partial charge in [-0.25, -0.2) is 5.43 Å². The van der Waals surface area contributed by atoms with E-state index in [2.05, 4.69) is 60.2 Å². The molecule has 0 radical (unpaired) electrons. The predicted octanol–water partition coefficient (Wildman–Crippen LogP) is 4.92. The second-order valence-corrected chi connectivity index (χ2v) is 8.33. The highest BCUT2D eigenvalue weighted by Gasteiger charge is 2.15. The van der Waals surface area contributed by atoms with E-state index in [4.69, 9.17) is 0 Å². The lowest BCUT2D eigenvalue weighted by Crippen LogP contribution is -2.32. The van der Waals surface area contributed by atoms with Crippen molar-refractivity contribution in [2.75, 3.05) is 5.32 Å². The fourth-order valence-corrected chi connectivity index (χ4v) is 3.77. The summed E-state index contributed by atoms with van der Waals surface area (Å²) in [5.74, 6) is -1.19. The van der Waals surface area contributed by atoms with Crippen LogP contribution >= 0.6 is 0 Å². The van der Waals surface area contributed by atoms with Gasteiger partial charge < -0.3 is 9.88 Å². The van der Waals surface area contributed by atoms with E-state index in [0.29, 0.717) is 11.6 Å². The fraction of sp³-hybridized carbons (Fsp3) is 0.269. The summed E-state index contributed by atoms with van der Waals surface area (Å²) in [6.07, 6.45) is 1.56. The SMILES string of the molecule is Cc1cccc(C)c1-n1c(C)cc(/C=N\NC(=O)C(=O)Nc2ccc(C(C)C)cc2)c1C. The van der Waals surface area contributed by atoms with Crippen molar-refractivity contribution >= 4 is 23.7 Å². The van der Waals surface area contributed by atoms with Crippen LogP contribution in [0.2, 0.25) is 0 Å². The Hall–Kier alpha value is -3.67. The van der Waals surface area contributed by atoms with Crippen molar-refractivity contribution < 1.29 is 9.59 Å². The van der Waals surface area contributed by atoms with Crippen LogP contribution in [0.3, 0.4) is 0 Å². The number of hydrogen-bond acceptors (Lipinski definition) is 3. The van der Waals surface area contributed by atoms with Crippen molar-refractivity contribution in [3.8, 4) is 5.69 Å². The summed E-state index contributed by atoms with van der Waals surface area (Å²) in [5, 5.41) is 6.58. The summed E-state index contributed by atoms with van der Waals surface area (Å²) in [5.41, 5.74) is 10.5. The zero-order chi connectivity index (χ0) is 23.4. The number of hydrazone groups is 1. The highest BCUT2D eigenvalue weighted by Crippen LogP contribution is 2.25. The van der Waals surface area contributed by atoms with Gasteiger partial charge in [0, 0.05) is 22.6 Å². The largest absolute Gasteiger partial charge is 0.329 e. The van der Waals surface area contributed by atoms with E-state index in [0.717, 1.165) is 28.2 Å². The smallest absolute Gasteiger partial charge is 0.318 e. The molecule has 1 heterocycles. The number of carbonyl (C=O) groups excluding carboxylic acids is 2. The topological polar surface area (TPSA) is 75.5 Å². The number of hydrogen-bond donors (Lipinski definition) is 2. The summed E-state index contributed by atoms with van der Waals surface area (Å²) in [6, 6.07) is 15.7. The van der Waals surface area contributed by atoms with Crippen molar-refractivity contribution in [2.24, 2.45) is 5.10 Å². The van der Waals surface area contributed by atoms with Gasteiger partial charge in [0.1, 0.15) is 0 Å². The third-order valence-corrected chi connectivity index (χ3v) is 5.54. The van der Waals surface area contributed by atoms with Crippen LogP contribution in [0.5, 0.6) is 0 Å². The average Bonchev–Trinajstić information content (AvgIpc) is 3.02. The van der Waals surface area contributed by atoms with Crippen molar-refractivity contribution in [1.82, 2.24) is 9.99 Å². The summed E-state index contributed by atoms with van der Waals surface area (Å²) >= 11 is 0. The lowest BCUT2D eigenvalue weighted by Gasteiger charge is -2.15. The maximum Gasteiger partial charge on any atom is 0.329 e. The minimum absolute atomic E-state index is 0.397. The van der Waals surface area contributed by atoms with E-state index in [9.17, 15) is 9.59 Å². The van der Waals surface area contributed by atoms with Crippen LogP contribution < -0.4 is 10.7 Å². The first-order chi connectivity index (χ1) is 15.2. The first-order valence-corrected chi connectivity index (χ1v) is 10.7. The van der Waals surface area contributed by atoms with Gasteiger partial charge in [0.25, 0.3) is 0 Å². The number of nitrogens with one attached hydrogen (secondary N) is 2. The molecule has 0 aliphatic carbocycles. The Morgan fingerprint density at radius 1 is 0.938 bits per heavy atom. The van der Waals surface area contributed by atoms with Crippen molar-refractivity contribution in [2.45, 2.75) is 47.5 Å². The van der Waals surface area contributed by atoms with E-state index in [1.54, 1.807) is 18.3 Å². The van der Waals surface area contributed by atoms with Gasteiger partial charge in [0.2, 0.25) is 0 Å². The van der Waals surface area contributed by atoms with E-state index in [1.807, 2.05) is 38.1 Å².